The van der Waals surface area contributed by atoms with Crippen LogP contribution in [0, 0.1) is 0 Å². The molecule has 0 saturated heterocycles. The summed E-state index contributed by atoms with van der Waals surface area (Å²) in [4.78, 5) is 0. The normalized spacial score (nSPS) is 12.1. The van der Waals surface area contributed by atoms with Gasteiger partial charge in [0.25, 0.3) is 0 Å². The number of rotatable bonds is 6. The van der Waals surface area contributed by atoms with Gasteiger partial charge in [0.05, 0.1) is 0 Å². The topological polar surface area (TPSA) is 43.4 Å². The summed E-state index contributed by atoms with van der Waals surface area (Å²) in [6.07, 6.45) is 1.01. The summed E-state index contributed by atoms with van der Waals surface area (Å²) >= 11 is 0. The summed E-state index contributed by atoms with van der Waals surface area (Å²) in [5.74, 6) is 0.224. The summed E-state index contributed by atoms with van der Waals surface area (Å²) < 4.78 is 29.3. The summed E-state index contributed by atoms with van der Waals surface area (Å²) in [5.41, 5.74) is 1.95. The smallest absolute Gasteiger partial charge is 0.313 e. The number of hydrogen-bond donors (Lipinski definition) is 0. The largest absolute Gasteiger partial charge is 0.382 e. The molecule has 0 atom stereocenters. The molecule has 0 aliphatic rings. The van der Waals surface area contributed by atoms with Gasteiger partial charge in [0, 0.05) is 0 Å². The van der Waals surface area contributed by atoms with E-state index in [1.165, 1.54) is 5.56 Å². The van der Waals surface area contributed by atoms with Gasteiger partial charge in [0.1, 0.15) is 11.5 Å². The van der Waals surface area contributed by atoms with Gasteiger partial charge >= 0.3 is 10.1 Å². The van der Waals surface area contributed by atoms with Crippen LogP contribution in [0.15, 0.2) is 54.6 Å². The predicted molar refractivity (Wildman–Crippen MR) is 89.5 cm³/mol. The summed E-state index contributed by atoms with van der Waals surface area (Å²) in [6, 6.07) is 16.3. The Bertz CT molecular complexity index is 702. The van der Waals surface area contributed by atoms with Gasteiger partial charge in [-0.1, -0.05) is 63.2 Å². The first-order valence-electron chi connectivity index (χ1n) is 7.39. The maximum Gasteiger partial charge on any atom is 0.313 e. The van der Waals surface area contributed by atoms with E-state index >= 15 is 0 Å². The van der Waals surface area contributed by atoms with E-state index in [9.17, 15) is 8.42 Å². The summed E-state index contributed by atoms with van der Waals surface area (Å²) in [5, 5.41) is 0. The van der Waals surface area contributed by atoms with Crippen LogP contribution in [0.3, 0.4) is 0 Å². The average Bonchev–Trinajstić information content (AvgIpc) is 2.48. The van der Waals surface area contributed by atoms with E-state index < -0.39 is 10.1 Å². The molecule has 0 aromatic heterocycles. The molecule has 0 unspecified atom stereocenters. The minimum absolute atomic E-state index is 0.0709. The van der Waals surface area contributed by atoms with Gasteiger partial charge < -0.3 is 4.18 Å². The van der Waals surface area contributed by atoms with Crippen molar-refractivity contribution in [3.8, 4) is 5.75 Å². The molecule has 0 radical (unpaired) electrons. The van der Waals surface area contributed by atoms with Crippen molar-refractivity contribution in [2.24, 2.45) is 0 Å². The lowest BCUT2D eigenvalue weighted by Gasteiger charge is -2.23. The number of hydrogen-bond acceptors (Lipinski definition) is 3. The van der Waals surface area contributed by atoms with Gasteiger partial charge in [-0.25, -0.2) is 0 Å². The van der Waals surface area contributed by atoms with E-state index in [4.69, 9.17) is 4.18 Å². The molecule has 2 aromatic rings. The highest BCUT2D eigenvalue weighted by atomic mass is 32.2. The van der Waals surface area contributed by atoms with Crippen LogP contribution in [0.4, 0.5) is 0 Å². The Labute approximate surface area is 133 Å². The lowest BCUT2D eigenvalue weighted by Crippen LogP contribution is -2.15. The van der Waals surface area contributed by atoms with Gasteiger partial charge in [-0.15, -0.1) is 0 Å². The molecule has 0 aliphatic carbocycles. The quantitative estimate of drug-likeness (QED) is 0.747. The van der Waals surface area contributed by atoms with E-state index in [-0.39, 0.29) is 11.2 Å². The van der Waals surface area contributed by atoms with Crippen LogP contribution in [0.2, 0.25) is 0 Å². The van der Waals surface area contributed by atoms with Crippen LogP contribution in [0.5, 0.6) is 5.75 Å². The molecule has 0 spiro atoms. The molecule has 0 N–H and O–H groups in total. The molecule has 22 heavy (non-hydrogen) atoms. The Morgan fingerprint density at radius 1 is 0.955 bits per heavy atom. The van der Waals surface area contributed by atoms with Crippen LogP contribution in [0.1, 0.15) is 38.3 Å². The van der Waals surface area contributed by atoms with E-state index in [2.05, 4.69) is 20.8 Å². The molecule has 0 fully saturated rings. The van der Waals surface area contributed by atoms with Gasteiger partial charge in [-0.3, -0.25) is 0 Å². The minimum Gasteiger partial charge on any atom is -0.382 e. The fraction of sp³-hybridized carbons (Fsp3) is 0.333. The van der Waals surface area contributed by atoms with Gasteiger partial charge in [0.15, 0.2) is 0 Å². The second kappa shape index (κ2) is 6.53. The minimum atomic E-state index is -3.64. The monoisotopic (exact) mass is 318 g/mol. The first-order chi connectivity index (χ1) is 10.3. The van der Waals surface area contributed by atoms with Crippen molar-refractivity contribution in [3.05, 3.63) is 65.7 Å². The SMILES string of the molecule is CCC(C)(C)c1ccc(OS(=O)(=O)Cc2ccccc2)cc1. The third-order valence-corrected chi connectivity index (χ3v) is 5.06. The number of benzene rings is 2. The third kappa shape index (κ3) is 4.34. The fourth-order valence-corrected chi connectivity index (χ4v) is 3.18. The Morgan fingerprint density at radius 3 is 2.09 bits per heavy atom. The average molecular weight is 318 g/mol. The van der Waals surface area contributed by atoms with Gasteiger partial charge in [0.2, 0.25) is 0 Å². The standard InChI is InChI=1S/C18H22O3S/c1-4-18(2,3)16-10-12-17(13-11-16)21-22(19,20)14-15-8-6-5-7-9-15/h5-13H,4,14H2,1-3H3. The van der Waals surface area contributed by atoms with E-state index in [1.807, 2.05) is 30.3 Å². The van der Waals surface area contributed by atoms with Crippen LogP contribution in [-0.2, 0) is 21.3 Å². The molecule has 2 rings (SSSR count). The zero-order chi connectivity index (χ0) is 16.2. The molecular formula is C18H22O3S. The van der Waals surface area contributed by atoms with Crippen LogP contribution in [0.25, 0.3) is 0 Å². The van der Waals surface area contributed by atoms with Crippen molar-refractivity contribution in [1.29, 1.82) is 0 Å². The fourth-order valence-electron chi connectivity index (χ4n) is 2.12. The molecule has 0 bridgehead atoms. The molecule has 0 amide bonds. The van der Waals surface area contributed by atoms with Crippen molar-refractivity contribution in [3.63, 3.8) is 0 Å². The van der Waals surface area contributed by atoms with Gasteiger partial charge in [-0.2, -0.15) is 8.42 Å². The second-order valence-electron chi connectivity index (χ2n) is 6.03. The Morgan fingerprint density at radius 2 is 1.55 bits per heavy atom. The van der Waals surface area contributed by atoms with Crippen LogP contribution < -0.4 is 4.18 Å². The molecule has 0 heterocycles. The van der Waals surface area contributed by atoms with Crippen molar-refractivity contribution < 1.29 is 12.6 Å². The van der Waals surface area contributed by atoms with Crippen LogP contribution in [-0.4, -0.2) is 8.42 Å². The molecule has 0 aliphatic heterocycles. The lowest BCUT2D eigenvalue weighted by atomic mass is 9.82. The first-order valence-corrected chi connectivity index (χ1v) is 8.97. The highest BCUT2D eigenvalue weighted by Crippen LogP contribution is 2.28. The zero-order valence-corrected chi connectivity index (χ0v) is 14.1. The molecule has 118 valence electrons. The highest BCUT2D eigenvalue weighted by Gasteiger charge is 2.19. The van der Waals surface area contributed by atoms with E-state index in [1.54, 1.807) is 24.3 Å². The Hall–Kier alpha value is -1.81. The van der Waals surface area contributed by atoms with Gasteiger partial charge in [-0.05, 0) is 35.1 Å². The Kier molecular flexibility index (Phi) is 4.91. The first kappa shape index (κ1) is 16.6. The van der Waals surface area contributed by atoms with Crippen molar-refractivity contribution in [1.82, 2.24) is 0 Å². The summed E-state index contributed by atoms with van der Waals surface area (Å²) in [7, 11) is -3.64. The molecule has 2 aromatic carbocycles. The summed E-state index contributed by atoms with van der Waals surface area (Å²) in [6.45, 7) is 6.46. The van der Waals surface area contributed by atoms with E-state index in [0.717, 1.165) is 6.42 Å². The molecular weight excluding hydrogens is 296 g/mol. The maximum absolute atomic E-state index is 12.1. The molecule has 4 heteroatoms. The van der Waals surface area contributed by atoms with Crippen molar-refractivity contribution in [2.75, 3.05) is 0 Å². The predicted octanol–water partition coefficient (Wildman–Crippen LogP) is 4.28. The Balaban J connectivity index is 2.10. The van der Waals surface area contributed by atoms with Crippen molar-refractivity contribution >= 4 is 10.1 Å². The second-order valence-corrected chi connectivity index (χ2v) is 7.60. The van der Waals surface area contributed by atoms with E-state index in [0.29, 0.717) is 11.3 Å². The maximum atomic E-state index is 12.1. The third-order valence-electron chi connectivity index (χ3n) is 3.93. The van der Waals surface area contributed by atoms with Crippen LogP contribution >= 0.6 is 0 Å². The van der Waals surface area contributed by atoms with Crippen molar-refractivity contribution in [2.45, 2.75) is 38.4 Å². The molecule has 0 saturated carbocycles. The molecule has 3 nitrogen and oxygen atoms in total. The highest BCUT2D eigenvalue weighted by molar-refractivity contribution is 7.86. The zero-order valence-electron chi connectivity index (χ0n) is 13.2. The lowest BCUT2D eigenvalue weighted by molar-refractivity contribution is 0.482.